The van der Waals surface area contributed by atoms with E-state index in [0.29, 0.717) is 19.8 Å². The maximum Gasteiger partial charge on any atom is 0.244 e. The van der Waals surface area contributed by atoms with Crippen LogP contribution in [0, 0.1) is 0 Å². The van der Waals surface area contributed by atoms with E-state index in [0.717, 1.165) is 35.7 Å². The smallest absolute Gasteiger partial charge is 0.244 e. The summed E-state index contributed by atoms with van der Waals surface area (Å²) in [5.74, 6) is 1.46. The lowest BCUT2D eigenvalue weighted by atomic mass is 10.0. The van der Waals surface area contributed by atoms with Crippen molar-refractivity contribution < 1.29 is 19.0 Å². The van der Waals surface area contributed by atoms with Gasteiger partial charge in [0, 0.05) is 25.7 Å². The van der Waals surface area contributed by atoms with Gasteiger partial charge in [-0.15, -0.1) is 0 Å². The first-order valence-electron chi connectivity index (χ1n) is 9.75. The van der Waals surface area contributed by atoms with Gasteiger partial charge in [-0.3, -0.25) is 9.69 Å². The summed E-state index contributed by atoms with van der Waals surface area (Å²) in [5, 5.41) is 3.04. The molecule has 154 valence electrons. The van der Waals surface area contributed by atoms with E-state index >= 15 is 0 Å². The average molecular weight is 396 g/mol. The molecule has 6 nitrogen and oxygen atoms in total. The Bertz CT molecular complexity index is 814. The largest absolute Gasteiger partial charge is 0.497 e. The molecule has 1 N–H and O–H groups in total. The summed E-state index contributed by atoms with van der Waals surface area (Å²) in [6.07, 6.45) is 3.34. The Morgan fingerprint density at radius 3 is 2.52 bits per heavy atom. The fraction of sp³-hybridized carbons (Fsp3) is 0.348. The van der Waals surface area contributed by atoms with Crippen LogP contribution < -0.4 is 14.8 Å². The van der Waals surface area contributed by atoms with Gasteiger partial charge in [0.25, 0.3) is 0 Å². The molecule has 1 unspecified atom stereocenters. The molecule has 0 spiro atoms. The molecule has 1 saturated heterocycles. The van der Waals surface area contributed by atoms with Crippen molar-refractivity contribution in [2.45, 2.75) is 6.04 Å². The third-order valence-corrected chi connectivity index (χ3v) is 4.98. The Morgan fingerprint density at radius 2 is 1.83 bits per heavy atom. The van der Waals surface area contributed by atoms with Crippen molar-refractivity contribution in [2.75, 3.05) is 47.1 Å². The first kappa shape index (κ1) is 20.9. The summed E-state index contributed by atoms with van der Waals surface area (Å²) in [7, 11) is 3.28. The number of rotatable bonds is 8. The molecule has 2 aromatic rings. The highest BCUT2D eigenvalue weighted by molar-refractivity contribution is 5.91. The molecular formula is C23H28N2O4. The minimum atomic E-state index is -0.125. The van der Waals surface area contributed by atoms with Crippen LogP contribution in [0.3, 0.4) is 0 Å². The first-order valence-corrected chi connectivity index (χ1v) is 9.75. The summed E-state index contributed by atoms with van der Waals surface area (Å²) in [6.45, 7) is 3.61. The molecule has 1 amide bonds. The number of amides is 1. The van der Waals surface area contributed by atoms with E-state index in [9.17, 15) is 4.79 Å². The van der Waals surface area contributed by atoms with Gasteiger partial charge in [0.15, 0.2) is 0 Å². The van der Waals surface area contributed by atoms with Crippen molar-refractivity contribution >= 4 is 12.0 Å². The van der Waals surface area contributed by atoms with Crippen molar-refractivity contribution in [3.8, 4) is 11.5 Å². The Kier molecular flexibility index (Phi) is 7.67. The molecule has 0 aliphatic carbocycles. The maximum absolute atomic E-state index is 12.4. The number of carbonyl (C=O) groups is 1. The zero-order valence-corrected chi connectivity index (χ0v) is 17.0. The Morgan fingerprint density at radius 1 is 1.10 bits per heavy atom. The predicted octanol–water partition coefficient (Wildman–Crippen LogP) is 2.91. The number of benzene rings is 2. The monoisotopic (exact) mass is 396 g/mol. The fourth-order valence-electron chi connectivity index (χ4n) is 3.35. The van der Waals surface area contributed by atoms with Gasteiger partial charge in [-0.25, -0.2) is 0 Å². The van der Waals surface area contributed by atoms with Crippen molar-refractivity contribution in [3.63, 3.8) is 0 Å². The van der Waals surface area contributed by atoms with Crippen molar-refractivity contribution in [3.05, 3.63) is 65.7 Å². The topological polar surface area (TPSA) is 60.0 Å². The fourth-order valence-corrected chi connectivity index (χ4v) is 3.35. The molecule has 29 heavy (non-hydrogen) atoms. The van der Waals surface area contributed by atoms with Crippen LogP contribution in [0.5, 0.6) is 11.5 Å². The molecule has 0 saturated carbocycles. The van der Waals surface area contributed by atoms with Gasteiger partial charge in [-0.1, -0.05) is 24.3 Å². The minimum absolute atomic E-state index is 0.0824. The zero-order valence-electron chi connectivity index (χ0n) is 17.0. The molecule has 1 atom stereocenters. The number of methoxy groups -OCH3 is 2. The van der Waals surface area contributed by atoms with Crippen LogP contribution in [0.15, 0.2) is 54.6 Å². The molecule has 1 aliphatic heterocycles. The number of nitrogens with one attached hydrogen (secondary N) is 1. The summed E-state index contributed by atoms with van der Waals surface area (Å²) in [4.78, 5) is 14.7. The van der Waals surface area contributed by atoms with Gasteiger partial charge in [-0.05, 0) is 41.5 Å². The third-order valence-electron chi connectivity index (χ3n) is 4.98. The molecule has 1 aliphatic rings. The van der Waals surface area contributed by atoms with Crippen LogP contribution >= 0.6 is 0 Å². The predicted molar refractivity (Wildman–Crippen MR) is 113 cm³/mol. The Labute approximate surface area is 172 Å². The number of morpholine rings is 1. The molecule has 6 heteroatoms. The minimum Gasteiger partial charge on any atom is -0.497 e. The number of carbonyl (C=O) groups excluding carboxylic acids is 1. The SMILES string of the molecule is COc1ccc(C(CNC(=O)/C=C/c2cccc(OC)c2)N2CCOCC2)cc1. The molecule has 0 aromatic heterocycles. The summed E-state index contributed by atoms with van der Waals surface area (Å²) < 4.78 is 16.0. The van der Waals surface area contributed by atoms with Crippen molar-refractivity contribution in [2.24, 2.45) is 0 Å². The standard InChI is InChI=1S/C23H28N2O4/c1-27-20-9-7-19(8-10-20)22(25-12-14-29-15-13-25)17-24-23(26)11-6-18-4-3-5-21(16-18)28-2/h3-11,16,22H,12-15,17H2,1-2H3,(H,24,26)/b11-6+. The molecule has 3 rings (SSSR count). The van der Waals surface area contributed by atoms with Crippen molar-refractivity contribution in [1.29, 1.82) is 0 Å². The van der Waals surface area contributed by atoms with Gasteiger partial charge in [-0.2, -0.15) is 0 Å². The van der Waals surface area contributed by atoms with Crippen molar-refractivity contribution in [1.82, 2.24) is 10.2 Å². The van der Waals surface area contributed by atoms with E-state index in [4.69, 9.17) is 14.2 Å². The van der Waals surface area contributed by atoms with Crippen LogP contribution in [0.4, 0.5) is 0 Å². The molecule has 2 aromatic carbocycles. The van der Waals surface area contributed by atoms with Gasteiger partial charge in [0.1, 0.15) is 11.5 Å². The van der Waals surface area contributed by atoms with Gasteiger partial charge >= 0.3 is 0 Å². The summed E-state index contributed by atoms with van der Waals surface area (Å²) >= 11 is 0. The average Bonchev–Trinajstić information content (AvgIpc) is 2.79. The van der Waals surface area contributed by atoms with Crippen LogP contribution in [-0.2, 0) is 9.53 Å². The lowest BCUT2D eigenvalue weighted by Crippen LogP contribution is -2.43. The normalized spacial score (nSPS) is 15.8. The highest BCUT2D eigenvalue weighted by Gasteiger charge is 2.23. The van der Waals surface area contributed by atoms with E-state index < -0.39 is 0 Å². The molecule has 0 bridgehead atoms. The Balaban J connectivity index is 1.65. The van der Waals surface area contributed by atoms with Gasteiger partial charge in [0.05, 0.1) is 33.5 Å². The number of hydrogen-bond donors (Lipinski definition) is 1. The van der Waals surface area contributed by atoms with E-state index in [1.165, 1.54) is 0 Å². The van der Waals surface area contributed by atoms with E-state index in [1.54, 1.807) is 26.4 Å². The lowest BCUT2D eigenvalue weighted by Gasteiger charge is -2.34. The maximum atomic E-state index is 12.4. The second-order valence-electron chi connectivity index (χ2n) is 6.79. The van der Waals surface area contributed by atoms with Crippen LogP contribution in [-0.4, -0.2) is 57.9 Å². The van der Waals surface area contributed by atoms with E-state index in [1.807, 2.05) is 36.4 Å². The third kappa shape index (κ3) is 6.07. The quantitative estimate of drug-likeness (QED) is 0.696. The van der Waals surface area contributed by atoms with E-state index in [-0.39, 0.29) is 11.9 Å². The molecule has 1 heterocycles. The molecule has 0 radical (unpaired) electrons. The number of ether oxygens (including phenoxy) is 3. The van der Waals surface area contributed by atoms with Gasteiger partial charge in [0.2, 0.25) is 5.91 Å². The molecule has 1 fully saturated rings. The number of nitrogens with zero attached hydrogens (tertiary/aromatic N) is 1. The lowest BCUT2D eigenvalue weighted by molar-refractivity contribution is -0.116. The highest BCUT2D eigenvalue weighted by Crippen LogP contribution is 2.23. The molecular weight excluding hydrogens is 368 g/mol. The van der Waals surface area contributed by atoms with Gasteiger partial charge < -0.3 is 19.5 Å². The zero-order chi connectivity index (χ0) is 20.5. The highest BCUT2D eigenvalue weighted by atomic mass is 16.5. The van der Waals surface area contributed by atoms with Crippen LogP contribution in [0.2, 0.25) is 0 Å². The van der Waals surface area contributed by atoms with Crippen LogP contribution in [0.1, 0.15) is 17.2 Å². The first-order chi connectivity index (χ1) is 14.2. The second kappa shape index (κ2) is 10.6. The Hall–Kier alpha value is -2.83. The second-order valence-corrected chi connectivity index (χ2v) is 6.79. The van der Waals surface area contributed by atoms with Crippen LogP contribution in [0.25, 0.3) is 6.08 Å². The van der Waals surface area contributed by atoms with E-state index in [2.05, 4.69) is 22.3 Å². The number of hydrogen-bond acceptors (Lipinski definition) is 5. The summed E-state index contributed by atoms with van der Waals surface area (Å²) in [5.41, 5.74) is 2.06. The summed E-state index contributed by atoms with van der Waals surface area (Å²) in [6, 6.07) is 15.7.